The molecule has 192 valence electrons. The number of dihydropyridines is 1. The molecule has 1 aliphatic heterocycles. The Morgan fingerprint density at radius 1 is 1.06 bits per heavy atom. The number of furan rings is 1. The van der Waals surface area contributed by atoms with Crippen molar-refractivity contribution in [2.75, 3.05) is 34.0 Å². The lowest BCUT2D eigenvalue weighted by molar-refractivity contribution is -0.141. The monoisotopic (exact) mass is 495 g/mol. The van der Waals surface area contributed by atoms with Crippen LogP contribution >= 0.6 is 0 Å². The minimum absolute atomic E-state index is 0.0327. The first-order valence-corrected chi connectivity index (χ1v) is 12.1. The van der Waals surface area contributed by atoms with Crippen LogP contribution in [0.3, 0.4) is 0 Å². The second-order valence-corrected chi connectivity index (χ2v) is 8.91. The van der Waals surface area contributed by atoms with Gasteiger partial charge in [0.25, 0.3) is 0 Å². The molecule has 1 N–H and O–H groups in total. The van der Waals surface area contributed by atoms with Gasteiger partial charge in [0.15, 0.2) is 17.3 Å². The molecule has 8 nitrogen and oxygen atoms in total. The fraction of sp³-hybridized carbons (Fsp3) is 0.429. The molecular weight excluding hydrogens is 462 g/mol. The van der Waals surface area contributed by atoms with E-state index in [0.29, 0.717) is 65.9 Å². The van der Waals surface area contributed by atoms with Gasteiger partial charge in [-0.2, -0.15) is 0 Å². The molecule has 1 aromatic heterocycles. The van der Waals surface area contributed by atoms with Crippen LogP contribution in [-0.4, -0.2) is 45.8 Å². The number of ketones is 1. The summed E-state index contributed by atoms with van der Waals surface area (Å²) in [6.45, 7) is 6.54. The number of nitrogens with one attached hydrogen (secondary N) is 1. The van der Waals surface area contributed by atoms with Crippen molar-refractivity contribution in [3.8, 4) is 11.5 Å². The molecule has 2 heterocycles. The second kappa shape index (κ2) is 11.0. The van der Waals surface area contributed by atoms with Crippen molar-refractivity contribution in [3.63, 3.8) is 0 Å². The first kappa shape index (κ1) is 25.6. The molecule has 0 saturated heterocycles. The van der Waals surface area contributed by atoms with E-state index in [1.807, 2.05) is 51.1 Å². The van der Waals surface area contributed by atoms with E-state index in [9.17, 15) is 9.59 Å². The van der Waals surface area contributed by atoms with Gasteiger partial charge in [-0.15, -0.1) is 0 Å². The van der Waals surface area contributed by atoms with Crippen LogP contribution in [0.4, 0.5) is 0 Å². The van der Waals surface area contributed by atoms with Crippen LogP contribution < -0.4 is 14.8 Å². The summed E-state index contributed by atoms with van der Waals surface area (Å²) in [4.78, 5) is 26.8. The van der Waals surface area contributed by atoms with E-state index in [0.717, 1.165) is 11.3 Å². The van der Waals surface area contributed by atoms with E-state index in [-0.39, 0.29) is 18.3 Å². The largest absolute Gasteiger partial charge is 0.493 e. The quantitative estimate of drug-likeness (QED) is 0.400. The molecule has 0 amide bonds. The van der Waals surface area contributed by atoms with Crippen LogP contribution in [0.1, 0.15) is 55.6 Å². The Balaban J connectivity index is 1.68. The highest BCUT2D eigenvalue weighted by Gasteiger charge is 2.42. The van der Waals surface area contributed by atoms with Gasteiger partial charge in [-0.25, -0.2) is 4.79 Å². The number of esters is 1. The van der Waals surface area contributed by atoms with Gasteiger partial charge in [0.1, 0.15) is 18.1 Å². The molecule has 36 heavy (non-hydrogen) atoms. The zero-order valence-electron chi connectivity index (χ0n) is 21.4. The lowest BCUT2D eigenvalue weighted by atomic mass is 9.73. The molecule has 0 spiro atoms. The lowest BCUT2D eigenvalue weighted by Crippen LogP contribution is -2.36. The van der Waals surface area contributed by atoms with Crippen molar-refractivity contribution in [3.05, 3.63) is 70.0 Å². The molecule has 0 saturated carbocycles. The minimum Gasteiger partial charge on any atom is -0.493 e. The minimum atomic E-state index is -0.631. The van der Waals surface area contributed by atoms with Gasteiger partial charge in [-0.05, 0) is 62.9 Å². The molecule has 0 unspecified atom stereocenters. The van der Waals surface area contributed by atoms with Crippen molar-refractivity contribution in [1.82, 2.24) is 5.32 Å². The van der Waals surface area contributed by atoms with E-state index in [4.69, 9.17) is 23.4 Å². The number of carbonyl (C=O) groups is 2. The average Bonchev–Trinajstić information content (AvgIpc) is 3.30. The maximum absolute atomic E-state index is 13.7. The fourth-order valence-electron chi connectivity index (χ4n) is 4.96. The van der Waals surface area contributed by atoms with Crippen LogP contribution in [0.15, 0.2) is 57.3 Å². The predicted molar refractivity (Wildman–Crippen MR) is 133 cm³/mol. The summed E-state index contributed by atoms with van der Waals surface area (Å²) in [7, 11) is 3.19. The number of hydrogen-bond donors (Lipinski definition) is 1. The molecule has 0 bridgehead atoms. The summed E-state index contributed by atoms with van der Waals surface area (Å²) < 4.78 is 27.6. The van der Waals surface area contributed by atoms with Crippen LogP contribution in [0.2, 0.25) is 0 Å². The number of benzene rings is 1. The van der Waals surface area contributed by atoms with E-state index >= 15 is 0 Å². The summed E-state index contributed by atoms with van der Waals surface area (Å²) in [6, 6.07) is 9.40. The zero-order valence-corrected chi connectivity index (χ0v) is 21.4. The van der Waals surface area contributed by atoms with Gasteiger partial charge in [0, 0.05) is 30.0 Å². The van der Waals surface area contributed by atoms with E-state index in [2.05, 4.69) is 5.32 Å². The smallest absolute Gasteiger partial charge is 0.336 e. The number of ether oxygens (including phenoxy) is 4. The lowest BCUT2D eigenvalue weighted by Gasteiger charge is -2.35. The van der Waals surface area contributed by atoms with Crippen LogP contribution in [0.25, 0.3) is 0 Å². The summed E-state index contributed by atoms with van der Waals surface area (Å²) >= 11 is 0. The number of allylic oxidation sites excluding steroid dienone is 3. The summed E-state index contributed by atoms with van der Waals surface area (Å²) in [5, 5.41) is 3.35. The van der Waals surface area contributed by atoms with Crippen molar-refractivity contribution < 1.29 is 33.0 Å². The standard InChI is InChI=1S/C28H33NO7/c1-6-34-11-12-35-28(31)25-17(3)29-20-13-19(18-8-10-22(32-4)24(15-18)33-5)14-21(30)26(20)27(25)23-9-7-16(2)36-23/h7-10,15,19,27,29H,6,11-14H2,1-5H3/t19-,27-/m1/s1. The normalized spacial score (nSPS) is 19.6. The van der Waals surface area contributed by atoms with Gasteiger partial charge in [-0.3, -0.25) is 4.79 Å². The average molecular weight is 496 g/mol. The topological polar surface area (TPSA) is 96.2 Å². The van der Waals surface area contributed by atoms with Crippen LogP contribution in [0, 0.1) is 6.92 Å². The van der Waals surface area contributed by atoms with E-state index < -0.39 is 11.9 Å². The van der Waals surface area contributed by atoms with Gasteiger partial charge in [0.2, 0.25) is 0 Å². The molecule has 8 heteroatoms. The Hall–Kier alpha value is -3.52. The Bertz CT molecular complexity index is 1210. The number of methoxy groups -OCH3 is 2. The molecular formula is C28H33NO7. The maximum atomic E-state index is 13.7. The van der Waals surface area contributed by atoms with Gasteiger partial charge in [-0.1, -0.05) is 6.07 Å². The Morgan fingerprint density at radius 2 is 1.83 bits per heavy atom. The molecule has 1 aliphatic carbocycles. The number of carbonyl (C=O) groups excluding carboxylic acids is 2. The second-order valence-electron chi connectivity index (χ2n) is 8.91. The van der Waals surface area contributed by atoms with Crippen molar-refractivity contribution in [2.24, 2.45) is 0 Å². The first-order valence-electron chi connectivity index (χ1n) is 12.1. The number of rotatable bonds is 9. The summed E-state index contributed by atoms with van der Waals surface area (Å²) in [5.41, 5.74) is 3.38. The van der Waals surface area contributed by atoms with Gasteiger partial charge in [0.05, 0.1) is 32.3 Å². The molecule has 2 aliphatic rings. The molecule has 2 atom stereocenters. The fourth-order valence-corrected chi connectivity index (χ4v) is 4.96. The predicted octanol–water partition coefficient (Wildman–Crippen LogP) is 4.55. The Kier molecular flexibility index (Phi) is 7.84. The number of aryl methyl sites for hydroxylation is 1. The summed E-state index contributed by atoms with van der Waals surface area (Å²) in [5.74, 6) is 1.32. The Labute approximate surface area is 211 Å². The van der Waals surface area contributed by atoms with E-state index in [1.54, 1.807) is 14.2 Å². The van der Waals surface area contributed by atoms with Crippen molar-refractivity contribution in [1.29, 1.82) is 0 Å². The Morgan fingerprint density at radius 3 is 2.50 bits per heavy atom. The first-order chi connectivity index (χ1) is 17.4. The highest BCUT2D eigenvalue weighted by atomic mass is 16.6. The third-order valence-electron chi connectivity index (χ3n) is 6.64. The molecule has 2 aromatic rings. The highest BCUT2D eigenvalue weighted by molar-refractivity contribution is 6.04. The SMILES string of the molecule is CCOCCOC(=O)C1=C(C)NC2=C(C(=O)C[C@H](c3ccc(OC)c(OC)c3)C2)[C@@H]1c1ccc(C)o1. The van der Waals surface area contributed by atoms with Crippen molar-refractivity contribution in [2.45, 2.75) is 45.4 Å². The number of Topliss-reactive ketones (excluding diaryl/α,β-unsaturated/α-hetero) is 1. The number of hydrogen-bond acceptors (Lipinski definition) is 8. The van der Waals surface area contributed by atoms with E-state index in [1.165, 1.54) is 0 Å². The zero-order chi connectivity index (χ0) is 25.8. The highest BCUT2D eigenvalue weighted by Crippen LogP contribution is 2.46. The van der Waals surface area contributed by atoms with Gasteiger partial charge >= 0.3 is 5.97 Å². The molecule has 4 rings (SSSR count). The maximum Gasteiger partial charge on any atom is 0.336 e. The van der Waals surface area contributed by atoms with Crippen molar-refractivity contribution >= 4 is 11.8 Å². The molecule has 1 aromatic carbocycles. The van der Waals surface area contributed by atoms with Crippen LogP contribution in [0.5, 0.6) is 11.5 Å². The third kappa shape index (κ3) is 5.04. The van der Waals surface area contributed by atoms with Gasteiger partial charge < -0.3 is 28.7 Å². The molecule has 0 radical (unpaired) electrons. The molecule has 0 fully saturated rings. The third-order valence-corrected chi connectivity index (χ3v) is 6.64. The van der Waals surface area contributed by atoms with Crippen LogP contribution in [-0.2, 0) is 19.1 Å². The summed E-state index contributed by atoms with van der Waals surface area (Å²) in [6.07, 6.45) is 0.911.